The van der Waals surface area contributed by atoms with Crippen LogP contribution in [0.3, 0.4) is 0 Å². The summed E-state index contributed by atoms with van der Waals surface area (Å²) in [5.74, 6) is 6.62. The van der Waals surface area contributed by atoms with Crippen molar-refractivity contribution in [3.8, 4) is 11.8 Å². The largest absolute Gasteiger partial charge is 0.395 e. The van der Waals surface area contributed by atoms with E-state index < -0.39 is 5.60 Å². The lowest BCUT2D eigenvalue weighted by Crippen LogP contribution is -2.67. The maximum atomic E-state index is 10.5. The zero-order valence-electron chi connectivity index (χ0n) is 19.4. The van der Waals surface area contributed by atoms with Gasteiger partial charge in [-0.3, -0.25) is 14.8 Å². The standard InChI is InChI=1S/C28H35N3O2/c32-21-26-27(24-9-7-22(8-10-24)11-14-28(33)12-1-2-13-28)25-20-30(16-3-4-17-31(25)26)19-23-6-5-15-29-18-23/h5-10,15,18,25-27,32-33H,1-4,12-13,16-17,19-21H2/t25-,26-,27-/m1/s1. The number of aliphatic hydroxyl groups is 2. The molecule has 1 saturated carbocycles. The molecule has 5 rings (SSSR count). The molecule has 3 fully saturated rings. The molecule has 1 aromatic carbocycles. The number of aromatic nitrogens is 1. The summed E-state index contributed by atoms with van der Waals surface area (Å²) >= 11 is 0. The van der Waals surface area contributed by atoms with E-state index >= 15 is 0 Å². The molecule has 5 heteroatoms. The Labute approximate surface area is 197 Å². The Kier molecular flexibility index (Phi) is 6.80. The number of aliphatic hydroxyl groups excluding tert-OH is 1. The highest BCUT2D eigenvalue weighted by Crippen LogP contribution is 2.42. The van der Waals surface area contributed by atoms with E-state index in [-0.39, 0.29) is 12.6 Å². The maximum absolute atomic E-state index is 10.5. The molecule has 0 amide bonds. The zero-order valence-corrected chi connectivity index (χ0v) is 19.4. The number of hydrogen-bond donors (Lipinski definition) is 2. The minimum atomic E-state index is -0.800. The highest BCUT2D eigenvalue weighted by atomic mass is 16.3. The van der Waals surface area contributed by atoms with E-state index in [0.717, 1.165) is 57.4 Å². The second-order valence-corrected chi connectivity index (χ2v) is 10.00. The first-order valence-corrected chi connectivity index (χ1v) is 12.5. The average Bonchev–Trinajstić information content (AvgIpc) is 3.26. The first-order chi connectivity index (χ1) is 16.1. The van der Waals surface area contributed by atoms with E-state index in [0.29, 0.717) is 12.0 Å². The lowest BCUT2D eigenvalue weighted by atomic mass is 9.74. The van der Waals surface area contributed by atoms with Gasteiger partial charge in [0.1, 0.15) is 5.60 Å². The highest BCUT2D eigenvalue weighted by Gasteiger charge is 2.49. The molecule has 0 radical (unpaired) electrons. The molecular formula is C28H35N3O2. The van der Waals surface area contributed by atoms with Gasteiger partial charge in [-0.1, -0.05) is 30.0 Å². The molecule has 2 aliphatic heterocycles. The fraction of sp³-hybridized carbons (Fsp3) is 0.536. The van der Waals surface area contributed by atoms with Crippen molar-refractivity contribution in [2.45, 2.75) is 68.7 Å². The third kappa shape index (κ3) is 5.00. The van der Waals surface area contributed by atoms with Crippen LogP contribution < -0.4 is 0 Å². The molecule has 3 aliphatic rings. The van der Waals surface area contributed by atoms with E-state index in [1.54, 1.807) is 0 Å². The molecule has 2 aromatic rings. The van der Waals surface area contributed by atoms with Gasteiger partial charge in [-0.15, -0.1) is 0 Å². The van der Waals surface area contributed by atoms with Crippen LogP contribution in [0.1, 0.15) is 61.1 Å². The van der Waals surface area contributed by atoms with Crippen LogP contribution in [0.5, 0.6) is 0 Å². The Morgan fingerprint density at radius 3 is 2.55 bits per heavy atom. The molecule has 2 N–H and O–H groups in total. The third-order valence-electron chi connectivity index (χ3n) is 7.75. The van der Waals surface area contributed by atoms with Crippen molar-refractivity contribution < 1.29 is 10.2 Å². The summed E-state index contributed by atoms with van der Waals surface area (Å²) in [6.07, 6.45) is 9.83. The van der Waals surface area contributed by atoms with Crippen molar-refractivity contribution in [3.63, 3.8) is 0 Å². The van der Waals surface area contributed by atoms with Gasteiger partial charge in [-0.05, 0) is 80.9 Å². The number of benzene rings is 1. The second-order valence-electron chi connectivity index (χ2n) is 10.00. The summed E-state index contributed by atoms with van der Waals surface area (Å²) in [6.45, 7) is 4.29. The predicted molar refractivity (Wildman–Crippen MR) is 130 cm³/mol. The third-order valence-corrected chi connectivity index (χ3v) is 7.75. The van der Waals surface area contributed by atoms with Crippen molar-refractivity contribution in [2.75, 3.05) is 26.2 Å². The highest BCUT2D eigenvalue weighted by molar-refractivity contribution is 5.40. The van der Waals surface area contributed by atoms with Crippen LogP contribution in [-0.4, -0.2) is 68.9 Å². The minimum absolute atomic E-state index is 0.185. The van der Waals surface area contributed by atoms with Crippen LogP contribution in [0, 0.1) is 11.8 Å². The summed E-state index contributed by atoms with van der Waals surface area (Å²) < 4.78 is 0. The number of hydrogen-bond acceptors (Lipinski definition) is 5. The molecular weight excluding hydrogens is 410 g/mol. The first-order valence-electron chi connectivity index (χ1n) is 12.5. The fourth-order valence-electron chi connectivity index (χ4n) is 5.97. The summed E-state index contributed by atoms with van der Waals surface area (Å²) in [6, 6.07) is 13.3. The van der Waals surface area contributed by atoms with Gasteiger partial charge in [0.05, 0.1) is 6.61 Å². The molecule has 3 heterocycles. The van der Waals surface area contributed by atoms with Gasteiger partial charge in [-0.2, -0.15) is 0 Å². The van der Waals surface area contributed by atoms with Crippen molar-refractivity contribution in [1.29, 1.82) is 0 Å². The average molecular weight is 446 g/mol. The van der Waals surface area contributed by atoms with E-state index in [4.69, 9.17) is 0 Å². The molecule has 1 aliphatic carbocycles. The van der Waals surface area contributed by atoms with E-state index in [1.807, 2.05) is 18.5 Å². The van der Waals surface area contributed by atoms with Crippen molar-refractivity contribution in [2.24, 2.45) is 0 Å². The molecule has 0 unspecified atom stereocenters. The van der Waals surface area contributed by atoms with Crippen molar-refractivity contribution >= 4 is 0 Å². The van der Waals surface area contributed by atoms with Crippen LogP contribution in [0.2, 0.25) is 0 Å². The maximum Gasteiger partial charge on any atom is 0.125 e. The summed E-state index contributed by atoms with van der Waals surface area (Å²) in [7, 11) is 0. The second kappa shape index (κ2) is 9.95. The van der Waals surface area contributed by atoms with Gasteiger partial charge in [0.15, 0.2) is 0 Å². The molecule has 0 bridgehead atoms. The van der Waals surface area contributed by atoms with Crippen LogP contribution in [-0.2, 0) is 6.54 Å². The topological polar surface area (TPSA) is 59.8 Å². The number of fused-ring (bicyclic) bond motifs is 1. The normalized spacial score (nSPS) is 27.5. The lowest BCUT2D eigenvalue weighted by molar-refractivity contribution is -0.0655. The summed E-state index contributed by atoms with van der Waals surface area (Å²) in [5, 5.41) is 20.7. The zero-order chi connectivity index (χ0) is 22.7. The van der Waals surface area contributed by atoms with Crippen LogP contribution >= 0.6 is 0 Å². The SMILES string of the molecule is OC[C@@H]1[C@H](c2ccc(C#CC3(O)CCCC3)cc2)[C@H]2CN(Cc3cccnc3)CCCCN12. The van der Waals surface area contributed by atoms with Gasteiger partial charge >= 0.3 is 0 Å². The van der Waals surface area contributed by atoms with Crippen LogP contribution in [0.25, 0.3) is 0 Å². The first kappa shape index (κ1) is 22.6. The van der Waals surface area contributed by atoms with Gasteiger partial charge in [0.2, 0.25) is 0 Å². The molecule has 1 aromatic heterocycles. The van der Waals surface area contributed by atoms with Gasteiger partial charge in [0.25, 0.3) is 0 Å². The lowest BCUT2D eigenvalue weighted by Gasteiger charge is -2.57. The Bertz CT molecular complexity index is 976. The van der Waals surface area contributed by atoms with Gasteiger partial charge in [-0.25, -0.2) is 0 Å². The molecule has 174 valence electrons. The van der Waals surface area contributed by atoms with Gasteiger partial charge < -0.3 is 10.2 Å². The van der Waals surface area contributed by atoms with E-state index in [1.165, 1.54) is 24.0 Å². The van der Waals surface area contributed by atoms with Gasteiger partial charge in [0, 0.05) is 49.0 Å². The Morgan fingerprint density at radius 2 is 1.82 bits per heavy atom. The van der Waals surface area contributed by atoms with E-state index in [9.17, 15) is 10.2 Å². The van der Waals surface area contributed by atoms with Crippen LogP contribution in [0.15, 0.2) is 48.8 Å². The Morgan fingerprint density at radius 1 is 1.03 bits per heavy atom. The summed E-state index contributed by atoms with van der Waals surface area (Å²) in [5.41, 5.74) is 2.69. The molecule has 3 atom stereocenters. The molecule has 5 nitrogen and oxygen atoms in total. The van der Waals surface area contributed by atoms with Crippen molar-refractivity contribution in [3.05, 3.63) is 65.5 Å². The minimum Gasteiger partial charge on any atom is -0.395 e. The monoisotopic (exact) mass is 445 g/mol. The smallest absolute Gasteiger partial charge is 0.125 e. The quantitative estimate of drug-likeness (QED) is 0.708. The molecule has 2 saturated heterocycles. The molecule has 0 spiro atoms. The number of rotatable bonds is 4. The number of nitrogens with zero attached hydrogens (tertiary/aromatic N) is 3. The van der Waals surface area contributed by atoms with E-state index in [2.05, 4.69) is 57.0 Å². The van der Waals surface area contributed by atoms with Crippen LogP contribution in [0.4, 0.5) is 0 Å². The molecule has 33 heavy (non-hydrogen) atoms. The number of pyridine rings is 1. The summed E-state index contributed by atoms with van der Waals surface area (Å²) in [4.78, 5) is 9.35. The Hall–Kier alpha value is -2.23. The van der Waals surface area contributed by atoms with Crippen molar-refractivity contribution in [1.82, 2.24) is 14.8 Å². The predicted octanol–water partition coefficient (Wildman–Crippen LogP) is 3.16. The Balaban J connectivity index is 1.31. The fourth-order valence-corrected chi connectivity index (χ4v) is 5.97.